The molecule has 8 N–H and O–H groups in total. The second-order valence-corrected chi connectivity index (χ2v) is 8.00. The predicted octanol–water partition coefficient (Wildman–Crippen LogP) is 2.32. The number of carbonyl (C=O) groups is 4. The van der Waals surface area contributed by atoms with Crippen molar-refractivity contribution in [3.05, 3.63) is 57.6 Å². The summed E-state index contributed by atoms with van der Waals surface area (Å²) in [6, 6.07) is 7.72. The molecule has 0 aliphatic heterocycles. The molecule has 0 radical (unpaired) electrons. The van der Waals surface area contributed by atoms with Crippen molar-refractivity contribution in [1.29, 1.82) is 5.41 Å². The molecular formula is C21H22Cl2N6O5. The lowest BCUT2D eigenvalue weighted by atomic mass is 10.0. The van der Waals surface area contributed by atoms with Crippen molar-refractivity contribution in [1.82, 2.24) is 10.6 Å². The number of nitrogens with two attached hydrogens (primary N) is 1. The first-order valence-electron chi connectivity index (χ1n) is 9.72. The lowest BCUT2D eigenvalue weighted by Gasteiger charge is -2.18. The molecule has 13 heteroatoms. The average Bonchev–Trinajstić information content (AvgIpc) is 2.69. The maximum absolute atomic E-state index is 12.6. The van der Waals surface area contributed by atoms with Crippen LogP contribution < -0.4 is 27.0 Å². The van der Waals surface area contributed by atoms with E-state index >= 15 is 0 Å². The van der Waals surface area contributed by atoms with Crippen LogP contribution in [0.3, 0.4) is 0 Å². The van der Waals surface area contributed by atoms with Crippen LogP contribution in [-0.2, 0) is 14.4 Å². The number of amides is 3. The molecule has 2 rings (SSSR count). The van der Waals surface area contributed by atoms with Gasteiger partial charge in [-0.1, -0.05) is 23.2 Å². The number of rotatable bonds is 9. The van der Waals surface area contributed by atoms with Crippen LogP contribution in [0, 0.1) is 5.41 Å². The maximum atomic E-state index is 12.6. The summed E-state index contributed by atoms with van der Waals surface area (Å²) in [5, 5.41) is 27.1. The highest BCUT2D eigenvalue weighted by Crippen LogP contribution is 2.25. The van der Waals surface area contributed by atoms with E-state index in [9.17, 15) is 24.3 Å². The maximum Gasteiger partial charge on any atom is 0.305 e. The van der Waals surface area contributed by atoms with Crippen molar-refractivity contribution in [2.24, 2.45) is 5.73 Å². The molecule has 2 aromatic rings. The first-order valence-corrected chi connectivity index (χ1v) is 10.5. The number of carbonyl (C=O) groups excluding carboxylic acids is 3. The number of carboxylic acid groups (broad SMARTS) is 1. The second kappa shape index (κ2) is 11.9. The highest BCUT2D eigenvalue weighted by molar-refractivity contribution is 6.34. The molecule has 0 aliphatic carbocycles. The molecule has 0 aliphatic rings. The van der Waals surface area contributed by atoms with E-state index in [1.165, 1.54) is 43.3 Å². The van der Waals surface area contributed by atoms with Crippen molar-refractivity contribution >= 4 is 64.2 Å². The number of guanidine groups is 1. The summed E-state index contributed by atoms with van der Waals surface area (Å²) in [5.41, 5.74) is 6.33. The smallest absolute Gasteiger partial charge is 0.305 e. The van der Waals surface area contributed by atoms with Crippen LogP contribution in [0.4, 0.5) is 11.4 Å². The number of carboxylic acids is 1. The molecule has 0 bridgehead atoms. The summed E-state index contributed by atoms with van der Waals surface area (Å²) in [6.07, 6.45) is -0.435. The zero-order valence-corrected chi connectivity index (χ0v) is 19.4. The van der Waals surface area contributed by atoms with E-state index in [1.54, 1.807) is 0 Å². The zero-order valence-electron chi connectivity index (χ0n) is 17.9. The summed E-state index contributed by atoms with van der Waals surface area (Å²) in [4.78, 5) is 47.7. The van der Waals surface area contributed by atoms with Crippen molar-refractivity contribution in [2.75, 3.05) is 17.2 Å². The SMILES string of the molecule is CC(=O)Nc1cc(NC(=N)N)cc(C(=O)NCC(=O)NC(CC(=O)O)c2cc(Cl)cc(Cl)c2)c1. The van der Waals surface area contributed by atoms with Crippen molar-refractivity contribution in [3.8, 4) is 0 Å². The molecule has 11 nitrogen and oxygen atoms in total. The van der Waals surface area contributed by atoms with Gasteiger partial charge in [-0.15, -0.1) is 0 Å². The molecule has 0 spiro atoms. The fraction of sp³-hybridized carbons (Fsp3) is 0.190. The lowest BCUT2D eigenvalue weighted by Crippen LogP contribution is -2.39. The Labute approximate surface area is 204 Å². The third-order valence-corrected chi connectivity index (χ3v) is 4.64. The van der Waals surface area contributed by atoms with Gasteiger partial charge in [0.05, 0.1) is 19.0 Å². The van der Waals surface area contributed by atoms with Crippen molar-refractivity contribution < 1.29 is 24.3 Å². The van der Waals surface area contributed by atoms with Gasteiger partial charge in [0.1, 0.15) is 0 Å². The van der Waals surface area contributed by atoms with Gasteiger partial charge in [-0.25, -0.2) is 0 Å². The molecule has 34 heavy (non-hydrogen) atoms. The van der Waals surface area contributed by atoms with E-state index in [-0.39, 0.29) is 38.9 Å². The molecular weight excluding hydrogens is 487 g/mol. The number of anilines is 2. The Morgan fingerprint density at radius 3 is 2.12 bits per heavy atom. The highest BCUT2D eigenvalue weighted by atomic mass is 35.5. The number of nitrogens with one attached hydrogen (secondary N) is 5. The number of aliphatic carboxylic acids is 1. The Kier molecular flexibility index (Phi) is 9.22. The second-order valence-electron chi connectivity index (χ2n) is 7.12. The van der Waals surface area contributed by atoms with Crippen LogP contribution in [0.1, 0.15) is 35.3 Å². The van der Waals surface area contributed by atoms with Crippen LogP contribution in [0.25, 0.3) is 0 Å². The normalized spacial score (nSPS) is 11.1. The van der Waals surface area contributed by atoms with E-state index < -0.39 is 36.8 Å². The van der Waals surface area contributed by atoms with E-state index in [2.05, 4.69) is 21.3 Å². The molecule has 0 saturated heterocycles. The predicted molar refractivity (Wildman–Crippen MR) is 128 cm³/mol. The molecule has 0 heterocycles. The van der Waals surface area contributed by atoms with Crippen molar-refractivity contribution in [3.63, 3.8) is 0 Å². The molecule has 1 atom stereocenters. The minimum absolute atomic E-state index is 0.0755. The minimum atomic E-state index is -1.16. The Morgan fingerprint density at radius 1 is 1.00 bits per heavy atom. The third kappa shape index (κ3) is 8.60. The van der Waals surface area contributed by atoms with E-state index in [0.29, 0.717) is 5.56 Å². The van der Waals surface area contributed by atoms with Gasteiger partial charge in [-0.3, -0.25) is 24.6 Å². The van der Waals surface area contributed by atoms with Crippen LogP contribution >= 0.6 is 23.2 Å². The van der Waals surface area contributed by atoms with Crippen molar-refractivity contribution in [2.45, 2.75) is 19.4 Å². The molecule has 1 unspecified atom stereocenters. The number of halogens is 2. The summed E-state index contributed by atoms with van der Waals surface area (Å²) in [7, 11) is 0. The van der Waals surface area contributed by atoms with Gasteiger partial charge in [0, 0.05) is 33.9 Å². The van der Waals surface area contributed by atoms with Crippen LogP contribution in [0.5, 0.6) is 0 Å². The molecule has 180 valence electrons. The van der Waals surface area contributed by atoms with Gasteiger partial charge in [0.15, 0.2) is 5.96 Å². The first-order chi connectivity index (χ1) is 15.9. The number of hydrogen-bond acceptors (Lipinski definition) is 5. The standard InChI is InChI=1S/C21H22Cl2N6O5/c1-10(30)27-15-4-12(5-16(7-15)28-21(24)25)20(34)26-9-18(31)29-17(8-19(32)33)11-2-13(22)6-14(23)3-11/h2-7,17H,8-9H2,1H3,(H,26,34)(H,27,30)(H,29,31)(H,32,33)(H4,24,25,28). The Bertz CT molecular complexity index is 1090. The van der Waals surface area contributed by atoms with Gasteiger partial charge in [-0.2, -0.15) is 0 Å². The molecule has 0 aromatic heterocycles. The summed E-state index contributed by atoms with van der Waals surface area (Å²) in [5.74, 6) is -3.23. The van der Waals surface area contributed by atoms with E-state index in [0.717, 1.165) is 0 Å². The van der Waals surface area contributed by atoms with Gasteiger partial charge >= 0.3 is 5.97 Å². The minimum Gasteiger partial charge on any atom is -0.481 e. The largest absolute Gasteiger partial charge is 0.481 e. The first kappa shape index (κ1) is 26.4. The number of hydrogen-bond donors (Lipinski definition) is 7. The Morgan fingerprint density at radius 2 is 1.59 bits per heavy atom. The quantitative estimate of drug-likeness (QED) is 0.200. The summed E-state index contributed by atoms with van der Waals surface area (Å²) in [6.45, 7) is 0.818. The lowest BCUT2D eigenvalue weighted by molar-refractivity contribution is -0.137. The monoisotopic (exact) mass is 508 g/mol. The summed E-state index contributed by atoms with van der Waals surface area (Å²) < 4.78 is 0. The molecule has 2 aromatic carbocycles. The van der Waals surface area contributed by atoms with E-state index in [1.807, 2.05) is 0 Å². The molecule has 3 amide bonds. The van der Waals surface area contributed by atoms with Gasteiger partial charge in [0.2, 0.25) is 11.8 Å². The summed E-state index contributed by atoms with van der Waals surface area (Å²) >= 11 is 11.9. The van der Waals surface area contributed by atoms with Crippen LogP contribution in [-0.4, -0.2) is 41.3 Å². The average molecular weight is 509 g/mol. The topological polar surface area (TPSA) is 186 Å². The Balaban J connectivity index is 2.13. The molecule has 0 saturated carbocycles. The third-order valence-electron chi connectivity index (χ3n) is 4.21. The molecule has 0 fully saturated rings. The fourth-order valence-electron chi connectivity index (χ4n) is 2.97. The van der Waals surface area contributed by atoms with Crippen LogP contribution in [0.15, 0.2) is 36.4 Å². The van der Waals surface area contributed by atoms with Gasteiger partial charge in [-0.05, 0) is 42.0 Å². The van der Waals surface area contributed by atoms with Gasteiger partial charge < -0.3 is 32.1 Å². The zero-order chi connectivity index (χ0) is 25.4. The van der Waals surface area contributed by atoms with E-state index in [4.69, 9.17) is 34.3 Å². The number of benzene rings is 2. The fourth-order valence-corrected chi connectivity index (χ4v) is 3.52. The van der Waals surface area contributed by atoms with Gasteiger partial charge in [0.25, 0.3) is 5.91 Å². The highest BCUT2D eigenvalue weighted by Gasteiger charge is 2.20. The Hall–Kier alpha value is -3.83. The van der Waals surface area contributed by atoms with Crippen LogP contribution in [0.2, 0.25) is 10.0 Å².